The lowest BCUT2D eigenvalue weighted by molar-refractivity contribution is -0.137. The number of alkyl halides is 3. The molecule has 0 saturated carbocycles. The van der Waals surface area contributed by atoms with Gasteiger partial charge in [-0.1, -0.05) is 0 Å². The van der Waals surface area contributed by atoms with Gasteiger partial charge in [0.2, 0.25) is 0 Å². The van der Waals surface area contributed by atoms with Gasteiger partial charge in [0.25, 0.3) is 5.91 Å². The summed E-state index contributed by atoms with van der Waals surface area (Å²) in [7, 11) is 0. The number of amides is 1. The van der Waals surface area contributed by atoms with Gasteiger partial charge in [-0.3, -0.25) is 25.5 Å². The smallest absolute Gasteiger partial charge is 0.416 e. The molecular formula is C25H27F3N6O2. The number of nitrogens with zero attached hydrogens (tertiary/aromatic N) is 3. The number of anilines is 2. The topological polar surface area (TPSA) is 85.7 Å². The quantitative estimate of drug-likeness (QED) is 0.478. The Hall–Kier alpha value is -3.41. The standard InChI is InChI=1S/C25H27F3N6O2/c26-25(27,28)19-1-2-21(34-11-9-33(10-12-34)16-17-14-30-31-15-17)20(13-19)32-24(35)23-4-3-22(36-23)18-5-7-29-8-6-18/h1-8,13,17,30-31H,9-12,14-16H2,(H,32,35). The average molecular weight is 501 g/mol. The molecule has 11 heteroatoms. The fraction of sp³-hybridized carbons (Fsp3) is 0.360. The maximum Gasteiger partial charge on any atom is 0.416 e. The summed E-state index contributed by atoms with van der Waals surface area (Å²) in [6.45, 7) is 5.68. The van der Waals surface area contributed by atoms with Crippen LogP contribution < -0.4 is 21.1 Å². The molecule has 0 unspecified atom stereocenters. The van der Waals surface area contributed by atoms with E-state index in [1.54, 1.807) is 30.6 Å². The third-order valence-corrected chi connectivity index (χ3v) is 6.50. The van der Waals surface area contributed by atoms with E-state index in [9.17, 15) is 18.0 Å². The van der Waals surface area contributed by atoms with Crippen LogP contribution in [0.1, 0.15) is 16.1 Å². The predicted octanol–water partition coefficient (Wildman–Crippen LogP) is 3.46. The van der Waals surface area contributed by atoms with Crippen LogP contribution in [0.4, 0.5) is 24.5 Å². The van der Waals surface area contributed by atoms with Crippen LogP contribution in [0, 0.1) is 5.92 Å². The summed E-state index contributed by atoms with van der Waals surface area (Å²) in [5.74, 6) is 0.392. The molecule has 8 nitrogen and oxygen atoms in total. The summed E-state index contributed by atoms with van der Waals surface area (Å²) < 4.78 is 46.1. The molecule has 2 aliphatic heterocycles. The van der Waals surface area contributed by atoms with Crippen molar-refractivity contribution in [1.29, 1.82) is 0 Å². The number of piperazine rings is 1. The maximum absolute atomic E-state index is 13.5. The van der Waals surface area contributed by atoms with Gasteiger partial charge in [0, 0.05) is 63.8 Å². The lowest BCUT2D eigenvalue weighted by Crippen LogP contribution is -2.48. The summed E-state index contributed by atoms with van der Waals surface area (Å²) in [5, 5.41) is 2.65. The molecule has 2 fully saturated rings. The van der Waals surface area contributed by atoms with E-state index in [2.05, 4.69) is 26.1 Å². The minimum absolute atomic E-state index is 0.00813. The minimum atomic E-state index is -4.53. The molecule has 36 heavy (non-hydrogen) atoms. The Balaban J connectivity index is 1.33. The number of aromatic nitrogens is 1. The highest BCUT2D eigenvalue weighted by molar-refractivity contribution is 6.04. The molecule has 0 bridgehead atoms. The number of hydrogen-bond donors (Lipinski definition) is 3. The fourth-order valence-electron chi connectivity index (χ4n) is 4.57. The highest BCUT2D eigenvalue weighted by Crippen LogP contribution is 2.36. The average Bonchev–Trinajstić information content (AvgIpc) is 3.57. The number of furan rings is 1. The highest BCUT2D eigenvalue weighted by atomic mass is 19.4. The molecule has 0 atom stereocenters. The number of hydrazine groups is 1. The number of halogens is 3. The maximum atomic E-state index is 13.5. The molecular weight excluding hydrogens is 473 g/mol. The molecule has 4 heterocycles. The van der Waals surface area contributed by atoms with E-state index in [1.807, 2.05) is 4.90 Å². The molecule has 1 amide bonds. The molecule has 0 spiro atoms. The lowest BCUT2D eigenvalue weighted by atomic mass is 10.1. The van der Waals surface area contributed by atoms with Gasteiger partial charge < -0.3 is 14.6 Å². The molecule has 3 N–H and O–H groups in total. The van der Waals surface area contributed by atoms with Gasteiger partial charge in [-0.05, 0) is 48.4 Å². The van der Waals surface area contributed by atoms with Crippen molar-refractivity contribution in [3.63, 3.8) is 0 Å². The van der Waals surface area contributed by atoms with Gasteiger partial charge >= 0.3 is 6.18 Å². The van der Waals surface area contributed by atoms with Crippen molar-refractivity contribution in [2.24, 2.45) is 5.92 Å². The summed E-state index contributed by atoms with van der Waals surface area (Å²) in [4.78, 5) is 21.3. The lowest BCUT2D eigenvalue weighted by Gasteiger charge is -2.37. The van der Waals surface area contributed by atoms with E-state index in [0.717, 1.165) is 50.4 Å². The third-order valence-electron chi connectivity index (χ3n) is 6.50. The van der Waals surface area contributed by atoms with Crippen LogP contribution in [0.25, 0.3) is 11.3 Å². The molecule has 1 aromatic carbocycles. The molecule has 2 aromatic heterocycles. The first-order valence-corrected chi connectivity index (χ1v) is 11.8. The number of carbonyl (C=O) groups excluding carboxylic acids is 1. The molecule has 0 radical (unpaired) electrons. The van der Waals surface area contributed by atoms with Crippen molar-refractivity contribution < 1.29 is 22.4 Å². The zero-order chi connectivity index (χ0) is 25.1. The van der Waals surface area contributed by atoms with E-state index in [1.165, 1.54) is 12.1 Å². The number of benzene rings is 1. The molecule has 5 rings (SSSR count). The Kier molecular flexibility index (Phi) is 6.95. The van der Waals surface area contributed by atoms with Crippen LogP contribution in [0.2, 0.25) is 0 Å². The molecule has 0 aliphatic carbocycles. The van der Waals surface area contributed by atoms with Crippen molar-refractivity contribution in [2.45, 2.75) is 6.18 Å². The second-order valence-electron chi connectivity index (χ2n) is 9.00. The number of carbonyl (C=O) groups is 1. The van der Waals surface area contributed by atoms with Crippen molar-refractivity contribution >= 4 is 17.3 Å². The Labute approximate surface area is 206 Å². The largest absolute Gasteiger partial charge is 0.451 e. The van der Waals surface area contributed by atoms with Crippen molar-refractivity contribution in [2.75, 3.05) is 56.0 Å². The second kappa shape index (κ2) is 10.3. The first kappa shape index (κ1) is 24.3. The second-order valence-corrected chi connectivity index (χ2v) is 9.00. The van der Waals surface area contributed by atoms with Gasteiger partial charge in [0.1, 0.15) is 5.76 Å². The summed E-state index contributed by atoms with van der Waals surface area (Å²) in [6.07, 6.45) is -1.32. The first-order chi connectivity index (χ1) is 17.4. The zero-order valence-corrected chi connectivity index (χ0v) is 19.5. The van der Waals surface area contributed by atoms with Crippen LogP contribution >= 0.6 is 0 Å². The van der Waals surface area contributed by atoms with Crippen LogP contribution in [0.15, 0.2) is 59.3 Å². The highest BCUT2D eigenvalue weighted by Gasteiger charge is 2.32. The number of pyridine rings is 1. The Morgan fingerprint density at radius 2 is 1.75 bits per heavy atom. The molecule has 190 valence electrons. The molecule has 3 aromatic rings. The van der Waals surface area contributed by atoms with Gasteiger partial charge in [0.05, 0.1) is 16.9 Å². The van der Waals surface area contributed by atoms with E-state index < -0.39 is 17.6 Å². The van der Waals surface area contributed by atoms with E-state index in [0.29, 0.717) is 30.5 Å². The van der Waals surface area contributed by atoms with E-state index in [-0.39, 0.29) is 11.4 Å². The fourth-order valence-corrected chi connectivity index (χ4v) is 4.57. The van der Waals surface area contributed by atoms with Crippen LogP contribution in [-0.2, 0) is 6.18 Å². The van der Waals surface area contributed by atoms with E-state index >= 15 is 0 Å². The van der Waals surface area contributed by atoms with Crippen LogP contribution in [-0.4, -0.2) is 61.6 Å². The van der Waals surface area contributed by atoms with Crippen LogP contribution in [0.3, 0.4) is 0 Å². The zero-order valence-electron chi connectivity index (χ0n) is 19.5. The predicted molar refractivity (Wildman–Crippen MR) is 129 cm³/mol. The van der Waals surface area contributed by atoms with Gasteiger partial charge in [-0.25, -0.2) is 0 Å². The Bertz CT molecular complexity index is 1190. The summed E-state index contributed by atoms with van der Waals surface area (Å²) in [6, 6.07) is 10.1. The third kappa shape index (κ3) is 5.53. The molecule has 2 saturated heterocycles. The van der Waals surface area contributed by atoms with Crippen molar-refractivity contribution in [3.8, 4) is 11.3 Å². The Morgan fingerprint density at radius 3 is 2.44 bits per heavy atom. The van der Waals surface area contributed by atoms with E-state index in [4.69, 9.17) is 4.42 Å². The minimum Gasteiger partial charge on any atom is -0.451 e. The number of nitrogens with one attached hydrogen (secondary N) is 3. The van der Waals surface area contributed by atoms with Crippen LogP contribution in [0.5, 0.6) is 0 Å². The number of rotatable bonds is 6. The van der Waals surface area contributed by atoms with Gasteiger partial charge in [-0.15, -0.1) is 0 Å². The monoisotopic (exact) mass is 500 g/mol. The van der Waals surface area contributed by atoms with Gasteiger partial charge in [-0.2, -0.15) is 13.2 Å². The SMILES string of the molecule is O=C(Nc1cc(C(F)(F)F)ccc1N1CCN(CC2CNNC2)CC1)c1ccc(-c2ccncc2)o1. The molecule has 2 aliphatic rings. The van der Waals surface area contributed by atoms with Gasteiger partial charge in [0.15, 0.2) is 5.76 Å². The van der Waals surface area contributed by atoms with Crippen molar-refractivity contribution in [1.82, 2.24) is 20.7 Å². The normalized spacial score (nSPS) is 17.5. The first-order valence-electron chi connectivity index (χ1n) is 11.8. The number of hydrogen-bond acceptors (Lipinski definition) is 7. The van der Waals surface area contributed by atoms with Crippen molar-refractivity contribution in [3.05, 3.63) is 66.2 Å². The summed E-state index contributed by atoms with van der Waals surface area (Å²) >= 11 is 0. The Morgan fingerprint density at radius 1 is 1.03 bits per heavy atom. The summed E-state index contributed by atoms with van der Waals surface area (Å²) in [5.41, 5.74) is 6.85.